The number of fused-ring (bicyclic) bond motifs is 1. The van der Waals surface area contributed by atoms with Gasteiger partial charge in [-0.15, -0.1) is 0 Å². The maximum Gasteiger partial charge on any atom is 0.131 e. The zero-order valence-electron chi connectivity index (χ0n) is 17.0. The molecule has 2 aromatic carbocycles. The van der Waals surface area contributed by atoms with Gasteiger partial charge in [0.05, 0.1) is 23.7 Å². The summed E-state index contributed by atoms with van der Waals surface area (Å²) in [6.45, 7) is 5.74. The molecular weight excluding hydrogens is 385 g/mol. The van der Waals surface area contributed by atoms with Gasteiger partial charge in [0.15, 0.2) is 0 Å². The second kappa shape index (κ2) is 9.18. The van der Waals surface area contributed by atoms with Crippen LogP contribution < -0.4 is 10.1 Å². The third-order valence-electron chi connectivity index (χ3n) is 5.49. The lowest BCUT2D eigenvalue weighted by molar-refractivity contribution is 0.340. The van der Waals surface area contributed by atoms with E-state index in [2.05, 4.69) is 16.8 Å². The molecular formula is C23H28FN3OS. The third-order valence-corrected chi connectivity index (χ3v) is 6.54. The normalized spacial score (nSPS) is 16.2. The molecule has 0 amide bonds. The van der Waals surface area contributed by atoms with Gasteiger partial charge in [-0.2, -0.15) is 11.8 Å². The second-order valence-corrected chi connectivity index (χ2v) is 8.78. The molecule has 1 fully saturated rings. The van der Waals surface area contributed by atoms with Crippen molar-refractivity contribution in [3.63, 3.8) is 0 Å². The highest BCUT2D eigenvalue weighted by Gasteiger charge is 2.20. The van der Waals surface area contributed by atoms with E-state index < -0.39 is 0 Å². The van der Waals surface area contributed by atoms with Crippen molar-refractivity contribution in [2.45, 2.75) is 32.7 Å². The number of halogens is 1. The highest BCUT2D eigenvalue weighted by molar-refractivity contribution is 7.99. The highest BCUT2D eigenvalue weighted by Crippen LogP contribution is 2.28. The smallest absolute Gasteiger partial charge is 0.131 e. The maximum atomic E-state index is 13.8. The minimum absolute atomic E-state index is 0.0617. The van der Waals surface area contributed by atoms with Gasteiger partial charge in [-0.05, 0) is 87.1 Å². The summed E-state index contributed by atoms with van der Waals surface area (Å²) >= 11 is 2.05. The van der Waals surface area contributed by atoms with E-state index in [-0.39, 0.29) is 11.9 Å². The van der Waals surface area contributed by atoms with Gasteiger partial charge in [0.25, 0.3) is 0 Å². The fourth-order valence-electron chi connectivity index (χ4n) is 3.88. The number of thioether (sulfide) groups is 1. The van der Waals surface area contributed by atoms with Crippen molar-refractivity contribution in [1.82, 2.24) is 14.9 Å². The molecule has 4 nitrogen and oxygen atoms in total. The largest absolute Gasteiger partial charge is 0.494 e. The van der Waals surface area contributed by atoms with E-state index in [1.165, 1.54) is 36.5 Å². The highest BCUT2D eigenvalue weighted by atomic mass is 32.2. The third kappa shape index (κ3) is 4.59. The molecule has 4 rings (SSSR count). The summed E-state index contributed by atoms with van der Waals surface area (Å²) in [7, 11) is 0. The van der Waals surface area contributed by atoms with Crippen LogP contribution in [0.2, 0.25) is 0 Å². The molecule has 154 valence electrons. The molecule has 1 aliphatic rings. The van der Waals surface area contributed by atoms with E-state index >= 15 is 0 Å². The lowest BCUT2D eigenvalue weighted by atomic mass is 10.0. The minimum Gasteiger partial charge on any atom is -0.494 e. The summed E-state index contributed by atoms with van der Waals surface area (Å²) in [5.41, 5.74) is 2.59. The summed E-state index contributed by atoms with van der Waals surface area (Å²) in [5.74, 6) is 4.71. The lowest BCUT2D eigenvalue weighted by Crippen LogP contribution is -2.29. The molecule has 1 saturated heterocycles. The first kappa shape index (κ1) is 20.2. The van der Waals surface area contributed by atoms with Crippen LogP contribution in [0, 0.1) is 11.7 Å². The van der Waals surface area contributed by atoms with E-state index in [1.807, 2.05) is 49.0 Å². The van der Waals surface area contributed by atoms with Crippen molar-refractivity contribution in [1.29, 1.82) is 0 Å². The van der Waals surface area contributed by atoms with Crippen LogP contribution in [-0.4, -0.2) is 34.2 Å². The SMILES string of the molecule is CCOc1ccc(-n2c(C(C)NCC3CCSCC3)nc3cc(F)ccc32)cc1. The Morgan fingerprint density at radius 3 is 2.69 bits per heavy atom. The van der Waals surface area contributed by atoms with Crippen LogP contribution in [0.5, 0.6) is 5.75 Å². The Balaban J connectivity index is 1.65. The zero-order valence-corrected chi connectivity index (χ0v) is 17.8. The predicted octanol–water partition coefficient (Wildman–Crippen LogP) is 5.36. The molecule has 1 unspecified atom stereocenters. The second-order valence-electron chi connectivity index (χ2n) is 7.55. The topological polar surface area (TPSA) is 39.1 Å². The average molecular weight is 414 g/mol. The van der Waals surface area contributed by atoms with Gasteiger partial charge in [0.2, 0.25) is 0 Å². The van der Waals surface area contributed by atoms with Crippen molar-refractivity contribution in [2.24, 2.45) is 5.92 Å². The number of hydrogen-bond acceptors (Lipinski definition) is 4. The Kier molecular flexibility index (Phi) is 6.40. The maximum absolute atomic E-state index is 13.8. The van der Waals surface area contributed by atoms with Gasteiger partial charge < -0.3 is 10.1 Å². The van der Waals surface area contributed by atoms with Gasteiger partial charge >= 0.3 is 0 Å². The average Bonchev–Trinajstić information content (AvgIpc) is 3.12. The van der Waals surface area contributed by atoms with E-state index in [1.54, 1.807) is 0 Å². The molecule has 6 heteroatoms. The van der Waals surface area contributed by atoms with Crippen LogP contribution in [-0.2, 0) is 0 Å². The Bertz CT molecular complexity index is 951. The number of imidazole rings is 1. The molecule has 2 heterocycles. The number of nitrogens with zero attached hydrogens (tertiary/aromatic N) is 2. The van der Waals surface area contributed by atoms with Crippen LogP contribution in [0.3, 0.4) is 0 Å². The minimum atomic E-state index is -0.263. The molecule has 1 aliphatic heterocycles. The van der Waals surface area contributed by atoms with Gasteiger partial charge in [0, 0.05) is 11.8 Å². The number of aromatic nitrogens is 2. The fourth-order valence-corrected chi connectivity index (χ4v) is 5.08. The molecule has 0 bridgehead atoms. The standard InChI is InChI=1S/C23H28FN3OS/c1-3-28-20-7-5-19(6-8-20)27-22-9-4-18(24)14-21(22)26-23(27)16(2)25-15-17-10-12-29-13-11-17/h4-9,14,16-17,25H,3,10-13,15H2,1-2H3. The Hall–Kier alpha value is -2.05. The first-order valence-electron chi connectivity index (χ1n) is 10.4. The molecule has 0 spiro atoms. The van der Waals surface area contributed by atoms with Crippen LogP contribution >= 0.6 is 11.8 Å². The van der Waals surface area contributed by atoms with Gasteiger partial charge in [-0.1, -0.05) is 0 Å². The number of hydrogen-bond donors (Lipinski definition) is 1. The zero-order chi connectivity index (χ0) is 20.2. The summed E-state index contributed by atoms with van der Waals surface area (Å²) < 4.78 is 21.5. The molecule has 1 aromatic heterocycles. The van der Waals surface area contributed by atoms with Crippen molar-refractivity contribution < 1.29 is 9.13 Å². The molecule has 29 heavy (non-hydrogen) atoms. The summed E-state index contributed by atoms with van der Waals surface area (Å²) in [6.07, 6.45) is 2.54. The predicted molar refractivity (Wildman–Crippen MR) is 119 cm³/mol. The van der Waals surface area contributed by atoms with Crippen LogP contribution in [0.1, 0.15) is 38.6 Å². The number of nitrogens with one attached hydrogen (secondary N) is 1. The Morgan fingerprint density at radius 1 is 1.21 bits per heavy atom. The van der Waals surface area contributed by atoms with Crippen molar-refractivity contribution >= 4 is 22.8 Å². The van der Waals surface area contributed by atoms with Gasteiger partial charge in [0.1, 0.15) is 17.4 Å². The summed E-state index contributed by atoms with van der Waals surface area (Å²) in [4.78, 5) is 4.80. The van der Waals surface area contributed by atoms with Gasteiger partial charge in [-0.25, -0.2) is 9.37 Å². The first-order valence-corrected chi connectivity index (χ1v) is 11.5. The molecule has 0 aliphatic carbocycles. The Morgan fingerprint density at radius 2 is 1.97 bits per heavy atom. The molecule has 1 N–H and O–H groups in total. The van der Waals surface area contributed by atoms with Crippen LogP contribution in [0.15, 0.2) is 42.5 Å². The van der Waals surface area contributed by atoms with Crippen molar-refractivity contribution in [2.75, 3.05) is 24.7 Å². The van der Waals surface area contributed by atoms with Gasteiger partial charge in [-0.3, -0.25) is 4.57 Å². The van der Waals surface area contributed by atoms with Crippen LogP contribution in [0.25, 0.3) is 16.7 Å². The fraction of sp³-hybridized carbons (Fsp3) is 0.435. The number of ether oxygens (including phenoxy) is 1. The first-order chi connectivity index (χ1) is 14.2. The summed E-state index contributed by atoms with van der Waals surface area (Å²) in [5, 5.41) is 3.68. The van der Waals surface area contributed by atoms with Crippen LogP contribution in [0.4, 0.5) is 4.39 Å². The van der Waals surface area contributed by atoms with E-state index in [0.29, 0.717) is 12.1 Å². The molecule has 0 saturated carbocycles. The monoisotopic (exact) mass is 413 g/mol. The summed E-state index contributed by atoms with van der Waals surface area (Å²) in [6, 6.07) is 12.9. The molecule has 1 atom stereocenters. The van der Waals surface area contributed by atoms with Crippen molar-refractivity contribution in [3.8, 4) is 11.4 Å². The van der Waals surface area contributed by atoms with E-state index in [0.717, 1.165) is 35.2 Å². The quantitative estimate of drug-likeness (QED) is 0.566. The lowest BCUT2D eigenvalue weighted by Gasteiger charge is -2.24. The number of benzene rings is 2. The molecule has 0 radical (unpaired) electrons. The van der Waals surface area contributed by atoms with Crippen molar-refractivity contribution in [3.05, 3.63) is 54.1 Å². The number of rotatable bonds is 7. The van der Waals surface area contributed by atoms with E-state index in [4.69, 9.17) is 9.72 Å². The molecule has 3 aromatic rings. The Labute approximate surface area is 175 Å². The van der Waals surface area contributed by atoms with E-state index in [9.17, 15) is 4.39 Å².